The zero-order valence-electron chi connectivity index (χ0n) is 14.1. The van der Waals surface area contributed by atoms with Crippen molar-refractivity contribution in [3.8, 4) is 11.3 Å². The van der Waals surface area contributed by atoms with Crippen LogP contribution in [0.4, 0.5) is 18.9 Å². The van der Waals surface area contributed by atoms with Crippen LogP contribution in [0.15, 0.2) is 42.7 Å². The van der Waals surface area contributed by atoms with Gasteiger partial charge in [-0.2, -0.15) is 23.4 Å². The first kappa shape index (κ1) is 19.1. The van der Waals surface area contributed by atoms with Gasteiger partial charge in [-0.25, -0.2) is 0 Å². The van der Waals surface area contributed by atoms with Crippen LogP contribution in [0.25, 0.3) is 11.3 Å². The number of hydrogen-bond acceptors (Lipinski definition) is 5. The van der Waals surface area contributed by atoms with Crippen LogP contribution >= 0.6 is 0 Å². The van der Waals surface area contributed by atoms with E-state index in [0.29, 0.717) is 19.2 Å². The number of nitrogens with zero attached hydrogens (tertiary/aromatic N) is 5. The van der Waals surface area contributed by atoms with Crippen molar-refractivity contribution in [3.05, 3.63) is 64.1 Å². The summed E-state index contributed by atoms with van der Waals surface area (Å²) in [5.41, 5.74) is 3.23. The minimum Gasteiger partial charge on any atom is -0.364 e. The maximum atomic E-state index is 13.1. The van der Waals surface area contributed by atoms with Gasteiger partial charge in [-0.05, 0) is 24.3 Å². The highest BCUT2D eigenvalue weighted by Gasteiger charge is 2.38. The molecule has 0 atom stereocenters. The second-order valence-corrected chi connectivity index (χ2v) is 5.78. The lowest BCUT2D eigenvalue weighted by Gasteiger charge is -2.08. The maximum absolute atomic E-state index is 13.1. The topological polar surface area (TPSA) is 122 Å². The first-order valence-corrected chi connectivity index (χ1v) is 7.88. The summed E-state index contributed by atoms with van der Waals surface area (Å²) in [7, 11) is 0. The minimum atomic E-state index is -4.86. The van der Waals surface area contributed by atoms with Crippen molar-refractivity contribution in [2.24, 2.45) is 5.73 Å². The molecule has 28 heavy (non-hydrogen) atoms. The Kier molecular flexibility index (Phi) is 4.86. The van der Waals surface area contributed by atoms with Crippen LogP contribution in [0.5, 0.6) is 0 Å². The van der Waals surface area contributed by atoms with Crippen LogP contribution in [0.2, 0.25) is 0 Å². The summed E-state index contributed by atoms with van der Waals surface area (Å²) in [6.45, 7) is 0.682. The molecular weight excluding hydrogens is 381 g/mol. The monoisotopic (exact) mass is 394 g/mol. The molecular formula is C16H13F3N6O3. The van der Waals surface area contributed by atoms with Crippen LogP contribution < -0.4 is 5.73 Å². The average molecular weight is 394 g/mol. The lowest BCUT2D eigenvalue weighted by molar-refractivity contribution is -0.388. The Morgan fingerprint density at radius 2 is 1.75 bits per heavy atom. The lowest BCUT2D eigenvalue weighted by Crippen LogP contribution is -2.14. The molecule has 0 aliphatic heterocycles. The van der Waals surface area contributed by atoms with E-state index in [1.54, 1.807) is 12.4 Å². The number of aromatic nitrogens is 4. The molecule has 1 aromatic carbocycles. The van der Waals surface area contributed by atoms with E-state index >= 15 is 0 Å². The standard InChI is InChI=1S/C16H13F3N6O3/c17-16(18,19)11-9-10(1-2-14(11)25(27)28)12-3-5-23(21-12)7-8-24-6-4-13(22-24)15(20)26/h1-6,9H,7-8H2,(H2,20,26). The van der Waals surface area contributed by atoms with Gasteiger partial charge >= 0.3 is 6.18 Å². The van der Waals surface area contributed by atoms with Gasteiger partial charge in [0.2, 0.25) is 0 Å². The van der Waals surface area contributed by atoms with Crippen molar-refractivity contribution in [1.29, 1.82) is 0 Å². The minimum absolute atomic E-state index is 0.103. The van der Waals surface area contributed by atoms with E-state index in [1.807, 2.05) is 0 Å². The van der Waals surface area contributed by atoms with Gasteiger partial charge in [-0.3, -0.25) is 24.3 Å². The van der Waals surface area contributed by atoms with Crippen molar-refractivity contribution < 1.29 is 22.9 Å². The van der Waals surface area contributed by atoms with E-state index in [-0.39, 0.29) is 17.0 Å². The molecule has 0 fully saturated rings. The van der Waals surface area contributed by atoms with Crippen LogP contribution in [0.3, 0.4) is 0 Å². The Balaban J connectivity index is 1.79. The Hall–Kier alpha value is -3.70. The molecule has 0 spiro atoms. The van der Waals surface area contributed by atoms with E-state index in [2.05, 4.69) is 10.2 Å². The number of nitro benzene ring substituents is 1. The fourth-order valence-electron chi connectivity index (χ4n) is 2.54. The third-order valence-electron chi connectivity index (χ3n) is 3.89. The maximum Gasteiger partial charge on any atom is 0.423 e. The van der Waals surface area contributed by atoms with Crippen LogP contribution in [0.1, 0.15) is 16.1 Å². The molecule has 0 saturated heterocycles. The number of nitro groups is 1. The lowest BCUT2D eigenvalue weighted by atomic mass is 10.1. The third kappa shape index (κ3) is 4.00. The molecule has 2 heterocycles. The number of alkyl halides is 3. The van der Waals surface area contributed by atoms with Crippen molar-refractivity contribution in [2.45, 2.75) is 19.3 Å². The summed E-state index contributed by atoms with van der Waals surface area (Å²) >= 11 is 0. The largest absolute Gasteiger partial charge is 0.423 e. The normalized spacial score (nSPS) is 11.5. The van der Waals surface area contributed by atoms with Crippen molar-refractivity contribution in [3.63, 3.8) is 0 Å². The zero-order chi connectivity index (χ0) is 20.5. The predicted molar refractivity (Wildman–Crippen MR) is 90.1 cm³/mol. The van der Waals surface area contributed by atoms with Gasteiger partial charge in [0.05, 0.1) is 23.7 Å². The molecule has 146 valence electrons. The molecule has 0 unspecified atom stereocenters. The fourth-order valence-corrected chi connectivity index (χ4v) is 2.54. The van der Waals surface area contributed by atoms with E-state index in [1.165, 1.54) is 27.6 Å². The third-order valence-corrected chi connectivity index (χ3v) is 3.89. The highest BCUT2D eigenvalue weighted by molar-refractivity contribution is 5.90. The Morgan fingerprint density at radius 1 is 1.11 bits per heavy atom. The quantitative estimate of drug-likeness (QED) is 0.508. The molecule has 12 heteroatoms. The van der Waals surface area contributed by atoms with Gasteiger partial charge in [-0.15, -0.1) is 0 Å². The number of hydrogen-bond donors (Lipinski definition) is 1. The van der Waals surface area contributed by atoms with Gasteiger partial charge in [-0.1, -0.05) is 0 Å². The molecule has 1 amide bonds. The number of rotatable bonds is 6. The van der Waals surface area contributed by atoms with E-state index < -0.39 is 28.3 Å². The van der Waals surface area contributed by atoms with Gasteiger partial charge in [0.25, 0.3) is 11.6 Å². The first-order valence-electron chi connectivity index (χ1n) is 7.88. The summed E-state index contributed by atoms with van der Waals surface area (Å²) < 4.78 is 42.3. The predicted octanol–water partition coefficient (Wildman–Crippen LogP) is 2.47. The number of nitrogens with two attached hydrogens (primary N) is 1. The second-order valence-electron chi connectivity index (χ2n) is 5.78. The number of carbonyl (C=O) groups is 1. The second kappa shape index (κ2) is 7.13. The highest BCUT2D eigenvalue weighted by Crippen LogP contribution is 2.38. The van der Waals surface area contributed by atoms with Crippen LogP contribution in [-0.2, 0) is 19.3 Å². The first-order chi connectivity index (χ1) is 13.1. The average Bonchev–Trinajstić information content (AvgIpc) is 3.28. The molecule has 2 N–H and O–H groups in total. The van der Waals surface area contributed by atoms with Gasteiger partial charge in [0.1, 0.15) is 11.3 Å². The molecule has 9 nitrogen and oxygen atoms in total. The molecule has 2 aromatic heterocycles. The molecule has 0 aliphatic rings. The van der Waals surface area contributed by atoms with Crippen molar-refractivity contribution in [1.82, 2.24) is 19.6 Å². The molecule has 3 aromatic rings. The number of amides is 1. The summed E-state index contributed by atoms with van der Waals surface area (Å²) in [5, 5.41) is 19.0. The Bertz CT molecular complexity index is 1040. The summed E-state index contributed by atoms with van der Waals surface area (Å²) in [5.74, 6) is -0.654. The van der Waals surface area contributed by atoms with Crippen molar-refractivity contribution >= 4 is 11.6 Å². The summed E-state index contributed by atoms with van der Waals surface area (Å²) in [6.07, 6.45) is -1.74. The molecule has 0 saturated carbocycles. The number of primary amides is 1. The summed E-state index contributed by atoms with van der Waals surface area (Å²) in [6, 6.07) is 5.70. The number of aryl methyl sites for hydroxylation is 2. The highest BCUT2D eigenvalue weighted by atomic mass is 19.4. The van der Waals surface area contributed by atoms with Crippen LogP contribution in [-0.4, -0.2) is 30.4 Å². The molecule has 3 rings (SSSR count). The zero-order valence-corrected chi connectivity index (χ0v) is 14.1. The summed E-state index contributed by atoms with van der Waals surface area (Å²) in [4.78, 5) is 20.8. The van der Waals surface area contributed by atoms with Gasteiger partial charge in [0, 0.05) is 24.0 Å². The molecule has 0 bridgehead atoms. The van der Waals surface area contributed by atoms with Crippen LogP contribution in [0, 0.1) is 10.1 Å². The molecule has 0 aliphatic carbocycles. The smallest absolute Gasteiger partial charge is 0.364 e. The number of benzene rings is 1. The SMILES string of the molecule is NC(=O)c1ccn(CCn2ccc(-c3ccc([N+](=O)[O-])c(C(F)(F)F)c3)n2)n1. The van der Waals surface area contributed by atoms with Gasteiger partial charge < -0.3 is 5.73 Å². The Morgan fingerprint density at radius 3 is 2.32 bits per heavy atom. The fraction of sp³-hybridized carbons (Fsp3) is 0.188. The Labute approximate surface area is 155 Å². The number of carbonyl (C=O) groups excluding carboxylic acids is 1. The molecule has 0 radical (unpaired) electrons. The van der Waals surface area contributed by atoms with E-state index in [9.17, 15) is 28.1 Å². The number of halogens is 3. The van der Waals surface area contributed by atoms with Gasteiger partial charge in [0.15, 0.2) is 0 Å². The van der Waals surface area contributed by atoms with Crippen molar-refractivity contribution in [2.75, 3.05) is 0 Å². The van der Waals surface area contributed by atoms with E-state index in [0.717, 1.165) is 6.07 Å². The van der Waals surface area contributed by atoms with E-state index in [4.69, 9.17) is 5.73 Å².